The van der Waals surface area contributed by atoms with Gasteiger partial charge in [-0.2, -0.15) is 11.8 Å². The Morgan fingerprint density at radius 1 is 1.21 bits per heavy atom. The van der Waals surface area contributed by atoms with Crippen LogP contribution in [-0.2, 0) is 20.8 Å². The molecule has 1 aromatic heterocycles. The van der Waals surface area contributed by atoms with E-state index in [1.165, 1.54) is 30.0 Å². The van der Waals surface area contributed by atoms with E-state index in [9.17, 15) is 24.6 Å². The first kappa shape index (κ1) is 26.9. The van der Waals surface area contributed by atoms with Gasteiger partial charge in [0.2, 0.25) is 17.7 Å². The molecule has 1 heterocycles. The number of thiazole rings is 1. The summed E-state index contributed by atoms with van der Waals surface area (Å²) in [6.07, 6.45) is 3.33. The molecule has 11 heteroatoms. The molecule has 2 aliphatic carbocycles. The van der Waals surface area contributed by atoms with Crippen LogP contribution in [0.15, 0.2) is 0 Å². The summed E-state index contributed by atoms with van der Waals surface area (Å²) in [7, 11) is 0. The summed E-state index contributed by atoms with van der Waals surface area (Å²) in [5.74, 6) is -0.342. The van der Waals surface area contributed by atoms with Gasteiger partial charge in [-0.3, -0.25) is 14.4 Å². The van der Waals surface area contributed by atoms with E-state index in [2.05, 4.69) is 22.9 Å². The van der Waals surface area contributed by atoms with Crippen molar-refractivity contribution >= 4 is 46.0 Å². The van der Waals surface area contributed by atoms with Gasteiger partial charge in [0.1, 0.15) is 0 Å². The Hall–Kier alpha value is -1.69. The molecule has 1 aromatic rings. The van der Waals surface area contributed by atoms with E-state index in [4.69, 9.17) is 4.98 Å². The van der Waals surface area contributed by atoms with Crippen molar-refractivity contribution in [1.29, 1.82) is 0 Å². The van der Waals surface area contributed by atoms with Gasteiger partial charge in [-0.25, -0.2) is 4.98 Å². The smallest absolute Gasteiger partial charge is 0.236 e. The summed E-state index contributed by atoms with van der Waals surface area (Å²) in [6.45, 7) is 6.04. The number of hydrogen-bond acceptors (Lipinski definition) is 8. The fraction of sp³-hybridized carbons (Fsp3) is 0.739. The van der Waals surface area contributed by atoms with Crippen LogP contribution in [0.1, 0.15) is 56.5 Å². The van der Waals surface area contributed by atoms with Crippen molar-refractivity contribution in [2.24, 2.45) is 16.7 Å². The maximum Gasteiger partial charge on any atom is 0.236 e. The number of rotatable bonds is 9. The second-order valence-corrected chi connectivity index (χ2v) is 11.8. The van der Waals surface area contributed by atoms with Crippen LogP contribution in [0, 0.1) is 16.7 Å². The summed E-state index contributed by atoms with van der Waals surface area (Å²) in [5, 5.41) is 30.1. The molecule has 0 unspecified atom stereocenters. The Morgan fingerprint density at radius 3 is 2.56 bits per heavy atom. The van der Waals surface area contributed by atoms with Crippen LogP contribution in [0.5, 0.6) is 0 Å². The molecule has 2 aliphatic rings. The number of nitrogens with zero attached hydrogens (tertiary/aromatic N) is 1. The fourth-order valence-electron chi connectivity index (χ4n) is 5.68. The monoisotopic (exact) mass is 512 g/mol. The Morgan fingerprint density at radius 2 is 1.91 bits per heavy atom. The SMILES string of the molecule is CSCC(=O)Nc1nc2c(s1)C[C@@H]1[C@](C)(CO)[C@H](O)CC[C@@]1(C)[C@@H]2CC(=O)NCCNC(C)=O. The van der Waals surface area contributed by atoms with E-state index >= 15 is 0 Å². The second kappa shape index (κ2) is 10.9. The molecule has 34 heavy (non-hydrogen) atoms. The van der Waals surface area contributed by atoms with Gasteiger partial charge >= 0.3 is 0 Å². The van der Waals surface area contributed by atoms with E-state index in [0.717, 1.165) is 10.6 Å². The highest BCUT2D eigenvalue weighted by atomic mass is 32.2. The lowest BCUT2D eigenvalue weighted by Gasteiger charge is -2.58. The van der Waals surface area contributed by atoms with Gasteiger partial charge in [-0.15, -0.1) is 11.3 Å². The van der Waals surface area contributed by atoms with Gasteiger partial charge < -0.3 is 26.2 Å². The Labute approximate surface area is 208 Å². The Balaban J connectivity index is 1.91. The summed E-state index contributed by atoms with van der Waals surface area (Å²) >= 11 is 2.85. The molecule has 9 nitrogen and oxygen atoms in total. The number of aliphatic hydroxyl groups excluding tert-OH is 2. The van der Waals surface area contributed by atoms with Gasteiger partial charge in [-0.05, 0) is 36.9 Å². The molecule has 1 fully saturated rings. The van der Waals surface area contributed by atoms with E-state index < -0.39 is 11.5 Å². The molecule has 0 spiro atoms. The van der Waals surface area contributed by atoms with Crippen molar-refractivity contribution in [3.05, 3.63) is 10.6 Å². The zero-order chi connectivity index (χ0) is 25.1. The largest absolute Gasteiger partial charge is 0.396 e. The average molecular weight is 513 g/mol. The number of carbonyl (C=O) groups is 3. The number of fused-ring (bicyclic) bond motifs is 2. The third-order valence-corrected chi connectivity index (χ3v) is 9.19. The lowest BCUT2D eigenvalue weighted by molar-refractivity contribution is -0.144. The zero-order valence-electron chi connectivity index (χ0n) is 20.3. The number of anilines is 1. The summed E-state index contributed by atoms with van der Waals surface area (Å²) < 4.78 is 0. The molecule has 0 aliphatic heterocycles. The van der Waals surface area contributed by atoms with Gasteiger partial charge in [0.05, 0.1) is 24.2 Å². The molecule has 0 radical (unpaired) electrons. The molecule has 3 amide bonds. The quantitative estimate of drug-likeness (QED) is 0.316. The van der Waals surface area contributed by atoms with Crippen molar-refractivity contribution in [2.45, 2.75) is 58.5 Å². The summed E-state index contributed by atoms with van der Waals surface area (Å²) in [4.78, 5) is 41.9. The van der Waals surface area contributed by atoms with Crippen molar-refractivity contribution in [2.75, 3.05) is 37.0 Å². The van der Waals surface area contributed by atoms with Crippen LogP contribution in [-0.4, -0.2) is 70.7 Å². The predicted molar refractivity (Wildman–Crippen MR) is 134 cm³/mol. The number of thioether (sulfide) groups is 1. The van der Waals surface area contributed by atoms with E-state index in [1.807, 2.05) is 13.2 Å². The van der Waals surface area contributed by atoms with E-state index in [-0.39, 0.29) is 48.0 Å². The van der Waals surface area contributed by atoms with Crippen molar-refractivity contribution in [1.82, 2.24) is 15.6 Å². The van der Waals surface area contributed by atoms with Crippen molar-refractivity contribution in [3.8, 4) is 0 Å². The summed E-state index contributed by atoms with van der Waals surface area (Å²) in [6, 6.07) is 0. The highest BCUT2D eigenvalue weighted by Gasteiger charge is 2.59. The molecular weight excluding hydrogens is 476 g/mol. The first-order valence-electron chi connectivity index (χ1n) is 11.6. The highest BCUT2D eigenvalue weighted by molar-refractivity contribution is 7.99. The minimum Gasteiger partial charge on any atom is -0.396 e. The standard InChI is InChI=1S/C23H36N4O5S2/c1-13(29)24-7-8-25-18(31)9-14-20-15(34-21(27-20)26-19(32)11-33-4)10-16-22(14,2)6-5-17(30)23(16,3)12-28/h14,16-17,28,30H,5-12H2,1-4H3,(H,24,29)(H,25,31)(H,26,27,32)/t14-,16+,17-,22+,23+/m1/s1. The number of amides is 3. The lowest BCUT2D eigenvalue weighted by Crippen LogP contribution is -2.57. The topological polar surface area (TPSA) is 141 Å². The van der Waals surface area contributed by atoms with Crippen LogP contribution in [0.25, 0.3) is 0 Å². The minimum atomic E-state index is -0.697. The lowest BCUT2D eigenvalue weighted by atomic mass is 9.47. The minimum absolute atomic E-state index is 0.0476. The van der Waals surface area contributed by atoms with Crippen molar-refractivity contribution in [3.63, 3.8) is 0 Å². The number of hydrogen-bond donors (Lipinski definition) is 5. The first-order chi connectivity index (χ1) is 16.0. The number of carbonyl (C=O) groups excluding carboxylic acids is 3. The molecule has 0 saturated heterocycles. The van der Waals surface area contributed by atoms with Crippen LogP contribution in [0.4, 0.5) is 5.13 Å². The second-order valence-electron chi connectivity index (χ2n) is 9.88. The van der Waals surface area contributed by atoms with E-state index in [0.29, 0.717) is 43.2 Å². The van der Waals surface area contributed by atoms with Gasteiger partial charge in [0.25, 0.3) is 0 Å². The summed E-state index contributed by atoms with van der Waals surface area (Å²) in [5.41, 5.74) is -0.221. The van der Waals surface area contributed by atoms with Crippen LogP contribution >= 0.6 is 23.1 Å². The zero-order valence-corrected chi connectivity index (χ0v) is 21.9. The Bertz CT molecular complexity index is 925. The average Bonchev–Trinajstić information content (AvgIpc) is 3.17. The molecule has 0 bridgehead atoms. The molecule has 5 N–H and O–H groups in total. The third kappa shape index (κ3) is 5.42. The van der Waals surface area contributed by atoms with Gasteiger partial charge in [0, 0.05) is 42.6 Å². The molecule has 190 valence electrons. The number of aromatic nitrogens is 1. The fourth-order valence-corrected chi connectivity index (χ4v) is 7.10. The molecule has 5 atom stereocenters. The first-order valence-corrected chi connectivity index (χ1v) is 13.8. The Kier molecular flexibility index (Phi) is 8.65. The normalized spacial score (nSPS) is 30.1. The molecular formula is C23H36N4O5S2. The molecule has 0 aromatic carbocycles. The number of aliphatic hydroxyl groups is 2. The predicted octanol–water partition coefficient (Wildman–Crippen LogP) is 1.50. The van der Waals surface area contributed by atoms with Crippen LogP contribution < -0.4 is 16.0 Å². The molecule has 1 saturated carbocycles. The van der Waals surface area contributed by atoms with Crippen LogP contribution in [0.3, 0.4) is 0 Å². The van der Waals surface area contributed by atoms with Crippen LogP contribution in [0.2, 0.25) is 0 Å². The van der Waals surface area contributed by atoms with E-state index in [1.54, 1.807) is 0 Å². The highest BCUT2D eigenvalue weighted by Crippen LogP contribution is 2.62. The third-order valence-electron chi connectivity index (χ3n) is 7.63. The maximum absolute atomic E-state index is 12.9. The van der Waals surface area contributed by atoms with Gasteiger partial charge in [0.15, 0.2) is 5.13 Å². The molecule has 3 rings (SSSR count). The number of nitrogens with one attached hydrogen (secondary N) is 3. The van der Waals surface area contributed by atoms with Crippen molar-refractivity contribution < 1.29 is 24.6 Å². The maximum atomic E-state index is 12.9. The van der Waals surface area contributed by atoms with Gasteiger partial charge in [-0.1, -0.05) is 13.8 Å².